The zero-order chi connectivity index (χ0) is 17.1. The fourth-order valence-electron chi connectivity index (χ4n) is 2.68. The molecule has 2 aromatic carbocycles. The van der Waals surface area contributed by atoms with Crippen molar-refractivity contribution in [1.29, 1.82) is 0 Å². The number of rotatable bonds is 5. The van der Waals surface area contributed by atoms with E-state index in [1.165, 1.54) is 0 Å². The second-order valence-corrected chi connectivity index (χ2v) is 5.61. The summed E-state index contributed by atoms with van der Waals surface area (Å²) in [7, 11) is 0. The second kappa shape index (κ2) is 6.74. The van der Waals surface area contributed by atoms with E-state index in [4.69, 9.17) is 9.47 Å². The molecule has 24 heavy (non-hydrogen) atoms. The van der Waals surface area contributed by atoms with Crippen LogP contribution in [0, 0.1) is 0 Å². The number of cyclic esters (lactones) is 1. The van der Waals surface area contributed by atoms with Gasteiger partial charge in [0.05, 0.1) is 18.1 Å². The van der Waals surface area contributed by atoms with Gasteiger partial charge in [0.1, 0.15) is 0 Å². The molecule has 0 aliphatic carbocycles. The van der Waals surface area contributed by atoms with Crippen molar-refractivity contribution >= 4 is 17.6 Å². The van der Waals surface area contributed by atoms with E-state index in [1.807, 2.05) is 49.4 Å². The standard InChI is InChI=1S/C19H19NO4/c1-3-23-18(21)12(2)13-8-10-14(11-9-13)20-17-15-6-4-5-7-16(15)19(22)24-17/h4-12,17,20H,3H2,1-2H3. The zero-order valence-corrected chi connectivity index (χ0v) is 13.6. The first-order valence-electron chi connectivity index (χ1n) is 7.93. The number of esters is 2. The first-order valence-corrected chi connectivity index (χ1v) is 7.93. The molecule has 1 N–H and O–H groups in total. The van der Waals surface area contributed by atoms with E-state index in [-0.39, 0.29) is 17.9 Å². The van der Waals surface area contributed by atoms with Crippen LogP contribution in [-0.4, -0.2) is 18.5 Å². The highest BCUT2D eigenvalue weighted by atomic mass is 16.6. The number of hydrogen-bond donors (Lipinski definition) is 1. The average Bonchev–Trinajstić information content (AvgIpc) is 2.91. The molecule has 0 bridgehead atoms. The van der Waals surface area contributed by atoms with E-state index < -0.39 is 6.23 Å². The Morgan fingerprint density at radius 3 is 2.62 bits per heavy atom. The van der Waals surface area contributed by atoms with Gasteiger partial charge in [-0.2, -0.15) is 0 Å². The number of fused-ring (bicyclic) bond motifs is 1. The predicted octanol–water partition coefficient (Wildman–Crippen LogP) is 3.63. The maximum atomic E-state index is 11.8. The summed E-state index contributed by atoms with van der Waals surface area (Å²) in [6.07, 6.45) is -0.498. The van der Waals surface area contributed by atoms with Crippen molar-refractivity contribution in [2.75, 3.05) is 11.9 Å². The third-order valence-electron chi connectivity index (χ3n) is 4.04. The minimum absolute atomic E-state index is 0.239. The SMILES string of the molecule is CCOC(=O)C(C)c1ccc(NC2OC(=O)c3ccccc32)cc1. The number of anilines is 1. The molecule has 0 aromatic heterocycles. The Kier molecular flexibility index (Phi) is 4.51. The van der Waals surface area contributed by atoms with Crippen LogP contribution in [-0.2, 0) is 14.3 Å². The number of nitrogens with one attached hydrogen (secondary N) is 1. The molecule has 0 saturated carbocycles. The van der Waals surface area contributed by atoms with Gasteiger partial charge >= 0.3 is 11.9 Å². The molecule has 0 amide bonds. The molecule has 3 rings (SSSR count). The summed E-state index contributed by atoms with van der Waals surface area (Å²) in [6, 6.07) is 14.8. The molecule has 0 saturated heterocycles. The van der Waals surface area contributed by atoms with Crippen LogP contribution in [0.4, 0.5) is 5.69 Å². The highest BCUT2D eigenvalue weighted by Gasteiger charge is 2.30. The summed E-state index contributed by atoms with van der Waals surface area (Å²) in [5.41, 5.74) is 3.10. The van der Waals surface area contributed by atoms with Gasteiger partial charge < -0.3 is 14.8 Å². The number of ether oxygens (including phenoxy) is 2. The lowest BCUT2D eigenvalue weighted by molar-refractivity contribution is -0.144. The molecular formula is C19H19NO4. The minimum Gasteiger partial charge on any atom is -0.466 e. The van der Waals surface area contributed by atoms with Gasteiger partial charge in [-0.3, -0.25) is 4.79 Å². The first-order chi connectivity index (χ1) is 11.6. The van der Waals surface area contributed by atoms with E-state index in [9.17, 15) is 9.59 Å². The van der Waals surface area contributed by atoms with Crippen molar-refractivity contribution in [2.45, 2.75) is 26.0 Å². The molecule has 1 aliphatic rings. The smallest absolute Gasteiger partial charge is 0.340 e. The van der Waals surface area contributed by atoms with E-state index >= 15 is 0 Å². The topological polar surface area (TPSA) is 64.6 Å². The van der Waals surface area contributed by atoms with Gasteiger partial charge in [-0.25, -0.2) is 4.79 Å². The van der Waals surface area contributed by atoms with Crippen LogP contribution in [0.25, 0.3) is 0 Å². The average molecular weight is 325 g/mol. The van der Waals surface area contributed by atoms with E-state index in [2.05, 4.69) is 5.32 Å². The Hall–Kier alpha value is -2.82. The van der Waals surface area contributed by atoms with Crippen LogP contribution in [0.1, 0.15) is 47.5 Å². The number of carbonyl (C=O) groups excluding carboxylic acids is 2. The summed E-state index contributed by atoms with van der Waals surface area (Å²) in [6.45, 7) is 3.98. The molecule has 0 fully saturated rings. The summed E-state index contributed by atoms with van der Waals surface area (Å²) in [5.74, 6) is -0.878. The Bertz CT molecular complexity index is 754. The maximum absolute atomic E-state index is 11.8. The molecular weight excluding hydrogens is 306 g/mol. The van der Waals surface area contributed by atoms with Crippen LogP contribution in [0.15, 0.2) is 48.5 Å². The summed E-state index contributed by atoms with van der Waals surface area (Å²) in [5, 5.41) is 3.19. The van der Waals surface area contributed by atoms with Crippen LogP contribution in [0.3, 0.4) is 0 Å². The van der Waals surface area contributed by atoms with E-state index in [0.717, 1.165) is 16.8 Å². The molecule has 1 heterocycles. The van der Waals surface area contributed by atoms with Crippen LogP contribution < -0.4 is 5.32 Å². The van der Waals surface area contributed by atoms with Crippen LogP contribution in [0.5, 0.6) is 0 Å². The fraction of sp³-hybridized carbons (Fsp3) is 0.263. The molecule has 2 atom stereocenters. The van der Waals surface area contributed by atoms with Crippen LogP contribution >= 0.6 is 0 Å². The molecule has 2 aromatic rings. The first kappa shape index (κ1) is 16.1. The van der Waals surface area contributed by atoms with Crippen molar-refractivity contribution in [3.8, 4) is 0 Å². The Morgan fingerprint density at radius 1 is 1.21 bits per heavy atom. The van der Waals surface area contributed by atoms with Gasteiger partial charge in [0, 0.05) is 11.3 Å². The molecule has 0 radical (unpaired) electrons. The van der Waals surface area contributed by atoms with Gasteiger partial charge in [-0.05, 0) is 37.6 Å². The molecule has 2 unspecified atom stereocenters. The molecule has 5 nitrogen and oxygen atoms in total. The number of benzene rings is 2. The van der Waals surface area contributed by atoms with Crippen molar-refractivity contribution in [3.05, 3.63) is 65.2 Å². The van der Waals surface area contributed by atoms with E-state index in [0.29, 0.717) is 12.2 Å². The third-order valence-corrected chi connectivity index (χ3v) is 4.04. The van der Waals surface area contributed by atoms with Gasteiger partial charge in [0.2, 0.25) is 6.23 Å². The largest absolute Gasteiger partial charge is 0.466 e. The van der Waals surface area contributed by atoms with Crippen molar-refractivity contribution < 1.29 is 19.1 Å². The quantitative estimate of drug-likeness (QED) is 0.850. The second-order valence-electron chi connectivity index (χ2n) is 5.61. The van der Waals surface area contributed by atoms with Crippen molar-refractivity contribution in [3.63, 3.8) is 0 Å². The number of hydrogen-bond acceptors (Lipinski definition) is 5. The molecule has 1 aliphatic heterocycles. The lowest BCUT2D eigenvalue weighted by atomic mass is 10.0. The van der Waals surface area contributed by atoms with Gasteiger partial charge in [0.15, 0.2) is 0 Å². The predicted molar refractivity (Wildman–Crippen MR) is 89.7 cm³/mol. The lowest BCUT2D eigenvalue weighted by Gasteiger charge is -2.16. The fourth-order valence-corrected chi connectivity index (χ4v) is 2.68. The zero-order valence-electron chi connectivity index (χ0n) is 13.6. The summed E-state index contributed by atoms with van der Waals surface area (Å²) >= 11 is 0. The maximum Gasteiger partial charge on any atom is 0.340 e. The summed E-state index contributed by atoms with van der Waals surface area (Å²) < 4.78 is 10.4. The third kappa shape index (κ3) is 3.11. The van der Waals surface area contributed by atoms with E-state index in [1.54, 1.807) is 13.0 Å². The van der Waals surface area contributed by atoms with Crippen molar-refractivity contribution in [2.24, 2.45) is 0 Å². The Morgan fingerprint density at radius 2 is 1.92 bits per heavy atom. The highest BCUT2D eigenvalue weighted by molar-refractivity contribution is 5.94. The van der Waals surface area contributed by atoms with Gasteiger partial charge in [-0.1, -0.05) is 30.3 Å². The summed E-state index contributed by atoms with van der Waals surface area (Å²) in [4.78, 5) is 23.6. The molecule has 5 heteroatoms. The van der Waals surface area contributed by atoms with Gasteiger partial charge in [0.25, 0.3) is 0 Å². The Labute approximate surface area is 140 Å². The monoisotopic (exact) mass is 325 g/mol. The van der Waals surface area contributed by atoms with Crippen LogP contribution in [0.2, 0.25) is 0 Å². The molecule has 0 spiro atoms. The Balaban J connectivity index is 1.72. The lowest BCUT2D eigenvalue weighted by Crippen LogP contribution is -2.13. The minimum atomic E-state index is -0.498. The normalized spacial score (nSPS) is 16.9. The van der Waals surface area contributed by atoms with Gasteiger partial charge in [-0.15, -0.1) is 0 Å². The highest BCUT2D eigenvalue weighted by Crippen LogP contribution is 2.31. The molecule has 124 valence electrons. The van der Waals surface area contributed by atoms with Crippen molar-refractivity contribution in [1.82, 2.24) is 0 Å². The number of carbonyl (C=O) groups is 2.